The number of nitrogens with one attached hydrogen (secondary N) is 1. The lowest BCUT2D eigenvalue weighted by Gasteiger charge is -2.16. The highest BCUT2D eigenvalue weighted by Gasteiger charge is 2.33. The zero-order chi connectivity index (χ0) is 12.9. The van der Waals surface area contributed by atoms with E-state index in [-0.39, 0.29) is 11.1 Å². The van der Waals surface area contributed by atoms with Gasteiger partial charge in [0.15, 0.2) is 0 Å². The molecular formula is C12H15ClF3N. The molecule has 1 nitrogen and oxygen atoms in total. The van der Waals surface area contributed by atoms with Gasteiger partial charge in [0.25, 0.3) is 0 Å². The Morgan fingerprint density at radius 2 is 1.94 bits per heavy atom. The molecule has 1 rings (SSSR count). The third-order valence-electron chi connectivity index (χ3n) is 2.35. The van der Waals surface area contributed by atoms with E-state index in [2.05, 4.69) is 5.32 Å². The molecule has 0 aliphatic heterocycles. The topological polar surface area (TPSA) is 12.0 Å². The third-order valence-corrected chi connectivity index (χ3v) is 2.72. The molecule has 0 heterocycles. The summed E-state index contributed by atoms with van der Waals surface area (Å²) in [6, 6.07) is 5.42. The molecule has 1 atom stereocenters. The summed E-state index contributed by atoms with van der Waals surface area (Å²) < 4.78 is 37.9. The fourth-order valence-electron chi connectivity index (χ4n) is 1.52. The second-order valence-electron chi connectivity index (χ2n) is 3.81. The minimum atomic E-state index is -4.34. The normalized spacial score (nSPS) is 13.5. The number of halogens is 4. The van der Waals surface area contributed by atoms with Gasteiger partial charge in [-0.2, -0.15) is 13.2 Å². The van der Waals surface area contributed by atoms with Crippen molar-refractivity contribution in [3.63, 3.8) is 0 Å². The summed E-state index contributed by atoms with van der Waals surface area (Å²) in [5, 5.41) is 2.60. The first-order valence-corrected chi connectivity index (χ1v) is 5.93. The minimum absolute atomic E-state index is 0.0850. The van der Waals surface area contributed by atoms with E-state index in [0.29, 0.717) is 6.54 Å². The van der Waals surface area contributed by atoms with Crippen molar-refractivity contribution in [2.45, 2.75) is 31.3 Å². The van der Waals surface area contributed by atoms with E-state index in [4.69, 9.17) is 11.6 Å². The molecule has 1 aromatic carbocycles. The molecule has 5 heteroatoms. The SMILES string of the molecule is CCCC(Cl)CNc1ccccc1C(F)(F)F. The molecule has 96 valence electrons. The van der Waals surface area contributed by atoms with E-state index in [1.165, 1.54) is 12.1 Å². The predicted molar refractivity (Wildman–Crippen MR) is 64.5 cm³/mol. The maximum absolute atomic E-state index is 12.6. The van der Waals surface area contributed by atoms with Crippen LogP contribution in [0.5, 0.6) is 0 Å². The number of hydrogen-bond donors (Lipinski definition) is 1. The van der Waals surface area contributed by atoms with Gasteiger partial charge in [0.1, 0.15) is 0 Å². The van der Waals surface area contributed by atoms with Crippen LogP contribution >= 0.6 is 11.6 Å². The molecule has 0 bridgehead atoms. The molecule has 1 aromatic rings. The number of anilines is 1. The van der Waals surface area contributed by atoms with Gasteiger partial charge >= 0.3 is 6.18 Å². The Bertz CT molecular complexity index is 352. The second kappa shape index (κ2) is 6.15. The second-order valence-corrected chi connectivity index (χ2v) is 4.43. The minimum Gasteiger partial charge on any atom is -0.383 e. The molecule has 0 amide bonds. The van der Waals surface area contributed by atoms with Crippen molar-refractivity contribution in [2.24, 2.45) is 0 Å². The monoisotopic (exact) mass is 265 g/mol. The maximum Gasteiger partial charge on any atom is 0.418 e. The maximum atomic E-state index is 12.6. The molecule has 1 N–H and O–H groups in total. The summed E-state index contributed by atoms with van der Waals surface area (Å²) in [5.41, 5.74) is -0.567. The van der Waals surface area contributed by atoms with Crippen molar-refractivity contribution < 1.29 is 13.2 Å². The Hall–Kier alpha value is -0.900. The molecular weight excluding hydrogens is 251 g/mol. The third kappa shape index (κ3) is 4.46. The highest BCUT2D eigenvalue weighted by molar-refractivity contribution is 6.20. The van der Waals surface area contributed by atoms with Gasteiger partial charge in [0.05, 0.1) is 10.9 Å². The van der Waals surface area contributed by atoms with Crippen LogP contribution in [0.25, 0.3) is 0 Å². The van der Waals surface area contributed by atoms with Gasteiger partial charge in [0, 0.05) is 12.2 Å². The first kappa shape index (κ1) is 14.2. The van der Waals surface area contributed by atoms with Gasteiger partial charge in [0.2, 0.25) is 0 Å². The smallest absolute Gasteiger partial charge is 0.383 e. The Kier molecular flexibility index (Phi) is 5.12. The molecule has 0 aliphatic carbocycles. The molecule has 0 aliphatic rings. The van der Waals surface area contributed by atoms with Crippen molar-refractivity contribution in [3.05, 3.63) is 29.8 Å². The first-order valence-electron chi connectivity index (χ1n) is 5.49. The fourth-order valence-corrected chi connectivity index (χ4v) is 1.82. The quantitative estimate of drug-likeness (QED) is 0.772. The molecule has 0 radical (unpaired) electrons. The Morgan fingerprint density at radius 1 is 1.29 bits per heavy atom. The average Bonchev–Trinajstić information content (AvgIpc) is 2.26. The van der Waals surface area contributed by atoms with Crippen LogP contribution < -0.4 is 5.32 Å². The van der Waals surface area contributed by atoms with Gasteiger partial charge in [-0.25, -0.2) is 0 Å². The Balaban J connectivity index is 2.71. The highest BCUT2D eigenvalue weighted by atomic mass is 35.5. The predicted octanol–water partition coefficient (Wildman–Crippen LogP) is 4.52. The van der Waals surface area contributed by atoms with E-state index < -0.39 is 11.7 Å². The van der Waals surface area contributed by atoms with E-state index >= 15 is 0 Å². The number of rotatable bonds is 5. The van der Waals surface area contributed by atoms with Gasteiger partial charge in [-0.05, 0) is 18.6 Å². The van der Waals surface area contributed by atoms with Gasteiger partial charge in [-0.3, -0.25) is 0 Å². The zero-order valence-corrected chi connectivity index (χ0v) is 10.3. The summed E-state index contributed by atoms with van der Waals surface area (Å²) in [5.74, 6) is 0. The lowest BCUT2D eigenvalue weighted by Crippen LogP contribution is -2.17. The fraction of sp³-hybridized carbons (Fsp3) is 0.500. The number of hydrogen-bond acceptors (Lipinski definition) is 1. The Labute approximate surface area is 104 Å². The van der Waals surface area contributed by atoms with Crippen LogP contribution in [0.15, 0.2) is 24.3 Å². The van der Waals surface area contributed by atoms with Gasteiger partial charge in [-0.1, -0.05) is 25.5 Å². The van der Waals surface area contributed by atoms with Crippen molar-refractivity contribution in [3.8, 4) is 0 Å². The summed E-state index contributed by atoms with van der Waals surface area (Å²) in [4.78, 5) is 0. The Morgan fingerprint density at radius 3 is 2.53 bits per heavy atom. The van der Waals surface area contributed by atoms with Gasteiger partial charge < -0.3 is 5.32 Å². The number of alkyl halides is 4. The molecule has 1 unspecified atom stereocenters. The van der Waals surface area contributed by atoms with Crippen molar-refractivity contribution >= 4 is 17.3 Å². The molecule has 0 fully saturated rings. The standard InChI is InChI=1S/C12H15ClF3N/c1-2-5-9(13)8-17-11-7-4-3-6-10(11)12(14,15)16/h3-4,6-7,9,17H,2,5,8H2,1H3. The van der Waals surface area contributed by atoms with Gasteiger partial charge in [-0.15, -0.1) is 11.6 Å². The van der Waals surface area contributed by atoms with E-state index in [0.717, 1.165) is 18.9 Å². The van der Waals surface area contributed by atoms with Crippen LogP contribution in [0.3, 0.4) is 0 Å². The number of para-hydroxylation sites is 1. The van der Waals surface area contributed by atoms with Crippen LogP contribution in [0, 0.1) is 0 Å². The van der Waals surface area contributed by atoms with E-state index in [1.54, 1.807) is 6.07 Å². The van der Waals surface area contributed by atoms with Crippen LogP contribution in [0.4, 0.5) is 18.9 Å². The van der Waals surface area contributed by atoms with Crippen molar-refractivity contribution in [1.29, 1.82) is 0 Å². The summed E-state index contributed by atoms with van der Waals surface area (Å²) in [7, 11) is 0. The molecule has 0 saturated heterocycles. The number of benzene rings is 1. The lowest BCUT2D eigenvalue weighted by atomic mass is 10.1. The first-order chi connectivity index (χ1) is 7.95. The largest absolute Gasteiger partial charge is 0.418 e. The van der Waals surface area contributed by atoms with Crippen LogP contribution in [0.2, 0.25) is 0 Å². The zero-order valence-electron chi connectivity index (χ0n) is 9.52. The van der Waals surface area contributed by atoms with E-state index in [9.17, 15) is 13.2 Å². The van der Waals surface area contributed by atoms with Crippen LogP contribution in [0.1, 0.15) is 25.3 Å². The van der Waals surface area contributed by atoms with E-state index in [1.807, 2.05) is 6.92 Å². The lowest BCUT2D eigenvalue weighted by molar-refractivity contribution is -0.136. The van der Waals surface area contributed by atoms with Crippen molar-refractivity contribution in [1.82, 2.24) is 0 Å². The average molecular weight is 266 g/mol. The molecule has 0 spiro atoms. The summed E-state index contributed by atoms with van der Waals surface area (Å²) in [6.07, 6.45) is -2.64. The molecule has 0 aromatic heterocycles. The van der Waals surface area contributed by atoms with Crippen LogP contribution in [-0.4, -0.2) is 11.9 Å². The summed E-state index contributed by atoms with van der Waals surface area (Å²) >= 11 is 5.95. The summed E-state index contributed by atoms with van der Waals surface area (Å²) in [6.45, 7) is 2.32. The van der Waals surface area contributed by atoms with Crippen LogP contribution in [-0.2, 0) is 6.18 Å². The highest BCUT2D eigenvalue weighted by Crippen LogP contribution is 2.34. The molecule has 0 saturated carbocycles. The molecule has 17 heavy (non-hydrogen) atoms. The van der Waals surface area contributed by atoms with Crippen molar-refractivity contribution in [2.75, 3.05) is 11.9 Å².